The van der Waals surface area contributed by atoms with Gasteiger partial charge < -0.3 is 9.64 Å². The fourth-order valence-corrected chi connectivity index (χ4v) is 4.95. The van der Waals surface area contributed by atoms with Crippen LogP contribution < -0.4 is 0 Å². The van der Waals surface area contributed by atoms with Crippen LogP contribution in [-0.4, -0.2) is 64.1 Å². The zero-order valence-electron chi connectivity index (χ0n) is 17.3. The van der Waals surface area contributed by atoms with E-state index in [0.29, 0.717) is 19.4 Å². The van der Waals surface area contributed by atoms with Crippen LogP contribution >= 0.6 is 0 Å². The van der Waals surface area contributed by atoms with E-state index in [9.17, 15) is 21.6 Å². The molecule has 0 radical (unpaired) electrons. The van der Waals surface area contributed by atoms with Gasteiger partial charge in [0.25, 0.3) is 0 Å². The Labute approximate surface area is 171 Å². The summed E-state index contributed by atoms with van der Waals surface area (Å²) in [5.74, 6) is 0. The summed E-state index contributed by atoms with van der Waals surface area (Å²) in [4.78, 5) is 2.02. The molecule has 1 aliphatic rings. The van der Waals surface area contributed by atoms with Gasteiger partial charge in [-0.25, -0.2) is 8.42 Å². The standard InChI is InChI=1S/C20H31F3N2O3S/c1-24(2)14-4-5-15-28-18-10-8-17(9-11-18)25(3)29(26,27)19-12-6-16(7-13-19)20(21,22)23/h6-7,12-13,17-18H,4-5,8-11,14-15H2,1-3H3. The molecule has 0 atom stereocenters. The number of halogens is 3. The lowest BCUT2D eigenvalue weighted by Gasteiger charge is -2.34. The number of alkyl halides is 3. The molecule has 0 aliphatic heterocycles. The van der Waals surface area contributed by atoms with Gasteiger partial charge in [-0.1, -0.05) is 0 Å². The van der Waals surface area contributed by atoms with E-state index in [2.05, 4.69) is 4.90 Å². The van der Waals surface area contributed by atoms with E-state index in [1.165, 1.54) is 11.4 Å². The molecular formula is C20H31F3N2O3S. The van der Waals surface area contributed by atoms with Gasteiger partial charge in [0.2, 0.25) is 10.0 Å². The molecule has 1 aromatic rings. The SMILES string of the molecule is CN(C)CCCCOC1CCC(N(C)S(=O)(=O)c2ccc(C(F)(F)F)cc2)CC1. The molecule has 1 fully saturated rings. The monoisotopic (exact) mass is 436 g/mol. The second-order valence-electron chi connectivity index (χ2n) is 7.86. The van der Waals surface area contributed by atoms with E-state index < -0.39 is 21.8 Å². The third kappa shape index (κ3) is 6.94. The van der Waals surface area contributed by atoms with Crippen LogP contribution in [0.15, 0.2) is 29.2 Å². The van der Waals surface area contributed by atoms with Gasteiger partial charge in [-0.2, -0.15) is 17.5 Å². The summed E-state index contributed by atoms with van der Waals surface area (Å²) in [6.45, 7) is 1.74. The van der Waals surface area contributed by atoms with Crippen LogP contribution in [0.5, 0.6) is 0 Å². The number of rotatable bonds is 9. The van der Waals surface area contributed by atoms with Gasteiger partial charge in [0.1, 0.15) is 0 Å². The number of sulfonamides is 1. The Balaban J connectivity index is 1.85. The number of benzene rings is 1. The fraction of sp³-hybridized carbons (Fsp3) is 0.700. The van der Waals surface area contributed by atoms with Crippen LogP contribution in [-0.2, 0) is 20.9 Å². The summed E-state index contributed by atoms with van der Waals surface area (Å²) in [7, 11) is 1.75. The lowest BCUT2D eigenvalue weighted by molar-refractivity contribution is -0.137. The molecule has 0 amide bonds. The Morgan fingerprint density at radius 1 is 1.00 bits per heavy atom. The second kappa shape index (κ2) is 10.2. The number of ether oxygens (including phenoxy) is 1. The van der Waals surface area contributed by atoms with Crippen molar-refractivity contribution < 1.29 is 26.3 Å². The van der Waals surface area contributed by atoms with Crippen LogP contribution in [0.4, 0.5) is 13.2 Å². The second-order valence-corrected chi connectivity index (χ2v) is 9.85. The first-order valence-electron chi connectivity index (χ1n) is 9.93. The van der Waals surface area contributed by atoms with Crippen molar-refractivity contribution in [2.75, 3.05) is 34.3 Å². The molecule has 0 spiro atoms. The van der Waals surface area contributed by atoms with E-state index in [4.69, 9.17) is 4.74 Å². The molecule has 0 heterocycles. The van der Waals surface area contributed by atoms with Crippen LogP contribution in [0.1, 0.15) is 44.1 Å². The highest BCUT2D eigenvalue weighted by atomic mass is 32.2. The maximum absolute atomic E-state index is 12.8. The first-order chi connectivity index (χ1) is 13.5. The van der Waals surface area contributed by atoms with Gasteiger partial charge in [0, 0.05) is 19.7 Å². The molecule has 0 aromatic heterocycles. The quantitative estimate of drug-likeness (QED) is 0.549. The average molecular weight is 437 g/mol. The maximum Gasteiger partial charge on any atom is 0.416 e. The molecule has 2 rings (SSSR count). The normalized spacial score (nSPS) is 21.1. The van der Waals surface area contributed by atoms with Crippen molar-refractivity contribution in [2.24, 2.45) is 0 Å². The van der Waals surface area contributed by atoms with E-state index in [1.807, 2.05) is 14.1 Å². The lowest BCUT2D eigenvalue weighted by Crippen LogP contribution is -2.40. The molecule has 0 bridgehead atoms. The largest absolute Gasteiger partial charge is 0.416 e. The average Bonchev–Trinajstić information content (AvgIpc) is 2.67. The molecular weight excluding hydrogens is 405 g/mol. The van der Waals surface area contributed by atoms with Crippen molar-refractivity contribution in [2.45, 2.75) is 61.7 Å². The predicted molar refractivity (Wildman–Crippen MR) is 106 cm³/mol. The van der Waals surface area contributed by atoms with Gasteiger partial charge >= 0.3 is 6.18 Å². The van der Waals surface area contributed by atoms with Gasteiger partial charge in [-0.05, 0) is 83.4 Å². The Bertz CT molecular complexity index is 728. The Morgan fingerprint density at radius 3 is 2.10 bits per heavy atom. The van der Waals surface area contributed by atoms with Gasteiger partial charge in [0.15, 0.2) is 0 Å². The third-order valence-corrected chi connectivity index (χ3v) is 7.29. The molecule has 0 saturated heterocycles. The molecule has 5 nitrogen and oxygen atoms in total. The minimum atomic E-state index is -4.49. The molecule has 0 unspecified atom stereocenters. The molecule has 1 aliphatic carbocycles. The Morgan fingerprint density at radius 2 is 1.59 bits per heavy atom. The van der Waals surface area contributed by atoms with Crippen molar-refractivity contribution in [3.63, 3.8) is 0 Å². The highest BCUT2D eigenvalue weighted by molar-refractivity contribution is 7.89. The number of nitrogens with zero attached hydrogens (tertiary/aromatic N) is 2. The van der Waals surface area contributed by atoms with Gasteiger partial charge in [0.05, 0.1) is 16.6 Å². The van der Waals surface area contributed by atoms with Crippen molar-refractivity contribution in [3.8, 4) is 0 Å². The summed E-state index contributed by atoms with van der Waals surface area (Å²) >= 11 is 0. The molecule has 9 heteroatoms. The van der Waals surface area contributed by atoms with E-state index in [1.54, 1.807) is 0 Å². The zero-order valence-corrected chi connectivity index (χ0v) is 18.1. The summed E-state index contributed by atoms with van der Waals surface area (Å²) in [5.41, 5.74) is -0.859. The van der Waals surface area contributed by atoms with Gasteiger partial charge in [-0.15, -0.1) is 0 Å². The third-order valence-electron chi connectivity index (χ3n) is 5.37. The minimum absolute atomic E-state index is 0.118. The Kier molecular flexibility index (Phi) is 8.51. The summed E-state index contributed by atoms with van der Waals surface area (Å²) in [6.07, 6.45) is 0.664. The molecule has 29 heavy (non-hydrogen) atoms. The fourth-order valence-electron chi connectivity index (χ4n) is 3.53. The number of hydrogen-bond acceptors (Lipinski definition) is 4. The van der Waals surface area contributed by atoms with Crippen LogP contribution in [0, 0.1) is 0 Å². The minimum Gasteiger partial charge on any atom is -0.378 e. The molecule has 166 valence electrons. The van der Waals surface area contributed by atoms with E-state index in [-0.39, 0.29) is 17.0 Å². The molecule has 1 aromatic carbocycles. The Hall–Kier alpha value is -1.16. The van der Waals surface area contributed by atoms with E-state index >= 15 is 0 Å². The van der Waals surface area contributed by atoms with Crippen molar-refractivity contribution >= 4 is 10.0 Å². The highest BCUT2D eigenvalue weighted by Crippen LogP contribution is 2.32. The number of hydrogen-bond donors (Lipinski definition) is 0. The van der Waals surface area contributed by atoms with Crippen molar-refractivity contribution in [1.82, 2.24) is 9.21 Å². The topological polar surface area (TPSA) is 49.9 Å². The lowest BCUT2D eigenvalue weighted by atomic mass is 9.93. The summed E-state index contributed by atoms with van der Waals surface area (Å²) < 4.78 is 70.9. The van der Waals surface area contributed by atoms with E-state index in [0.717, 1.165) is 56.5 Å². The van der Waals surface area contributed by atoms with Crippen LogP contribution in [0.3, 0.4) is 0 Å². The summed E-state index contributed by atoms with van der Waals surface area (Å²) in [5, 5.41) is 0. The van der Waals surface area contributed by atoms with Crippen LogP contribution in [0.2, 0.25) is 0 Å². The number of unbranched alkanes of at least 4 members (excludes halogenated alkanes) is 1. The van der Waals surface area contributed by atoms with Crippen LogP contribution in [0.25, 0.3) is 0 Å². The first-order valence-corrected chi connectivity index (χ1v) is 11.4. The van der Waals surface area contributed by atoms with Crippen molar-refractivity contribution in [1.29, 1.82) is 0 Å². The maximum atomic E-state index is 12.8. The molecule has 0 N–H and O–H groups in total. The predicted octanol–water partition coefficient (Wildman–Crippen LogP) is 4.00. The zero-order chi connectivity index (χ0) is 21.7. The summed E-state index contributed by atoms with van der Waals surface area (Å²) in [6, 6.07) is 3.49. The molecule has 1 saturated carbocycles. The first kappa shape index (κ1) is 24.1. The smallest absolute Gasteiger partial charge is 0.378 e. The highest BCUT2D eigenvalue weighted by Gasteiger charge is 2.34. The van der Waals surface area contributed by atoms with Gasteiger partial charge in [-0.3, -0.25) is 0 Å². The van der Waals surface area contributed by atoms with Crippen molar-refractivity contribution in [3.05, 3.63) is 29.8 Å².